The summed E-state index contributed by atoms with van der Waals surface area (Å²) < 4.78 is 1.06. The predicted octanol–water partition coefficient (Wildman–Crippen LogP) is 4.27. The fourth-order valence-corrected chi connectivity index (χ4v) is 1.85. The normalized spacial score (nSPS) is 12.9. The molecule has 1 N–H and O–H groups in total. The molecule has 1 aromatic rings. The van der Waals surface area contributed by atoms with Gasteiger partial charge in [0, 0.05) is 4.47 Å². The highest BCUT2D eigenvalue weighted by Crippen LogP contribution is 2.18. The maximum absolute atomic E-state index is 10.6. The molecule has 0 amide bonds. The Bertz CT molecular complexity index is 424. The lowest BCUT2D eigenvalue weighted by Gasteiger charge is -2.03. The Labute approximate surface area is 110 Å². The SMILES string of the molecule is Cc1ccc(Br)cc1/C=C/CCC(C)C(=O)O. The van der Waals surface area contributed by atoms with Crippen LogP contribution in [0.15, 0.2) is 28.7 Å². The number of carboxylic acid groups (broad SMARTS) is 1. The standard InChI is InChI=1S/C14H17BrO2/c1-10-7-8-13(15)9-12(10)6-4-3-5-11(2)14(16)17/h4,6-9,11H,3,5H2,1-2H3,(H,16,17)/b6-4+. The predicted molar refractivity (Wildman–Crippen MR) is 73.9 cm³/mol. The van der Waals surface area contributed by atoms with E-state index in [1.807, 2.05) is 12.1 Å². The van der Waals surface area contributed by atoms with Crippen molar-refractivity contribution in [1.82, 2.24) is 0 Å². The van der Waals surface area contributed by atoms with Crippen LogP contribution in [0, 0.1) is 12.8 Å². The minimum atomic E-state index is -0.725. The summed E-state index contributed by atoms with van der Waals surface area (Å²) in [4.78, 5) is 10.6. The summed E-state index contributed by atoms with van der Waals surface area (Å²) in [5, 5.41) is 8.75. The quantitative estimate of drug-likeness (QED) is 0.881. The van der Waals surface area contributed by atoms with Crippen LogP contribution < -0.4 is 0 Å². The molecule has 3 heteroatoms. The van der Waals surface area contributed by atoms with E-state index >= 15 is 0 Å². The number of allylic oxidation sites excluding steroid dienone is 1. The van der Waals surface area contributed by atoms with E-state index in [4.69, 9.17) is 5.11 Å². The van der Waals surface area contributed by atoms with E-state index < -0.39 is 5.97 Å². The zero-order valence-corrected chi connectivity index (χ0v) is 11.7. The molecule has 1 rings (SSSR count). The van der Waals surface area contributed by atoms with Crippen molar-refractivity contribution in [3.8, 4) is 0 Å². The molecule has 1 atom stereocenters. The van der Waals surface area contributed by atoms with Gasteiger partial charge in [-0.05, 0) is 43.0 Å². The molecular weight excluding hydrogens is 280 g/mol. The first kappa shape index (κ1) is 14.0. The summed E-state index contributed by atoms with van der Waals surface area (Å²) in [6.07, 6.45) is 5.56. The van der Waals surface area contributed by atoms with Crippen LogP contribution in [0.25, 0.3) is 6.08 Å². The molecule has 0 fully saturated rings. The Balaban J connectivity index is 2.54. The van der Waals surface area contributed by atoms with Crippen molar-refractivity contribution in [3.05, 3.63) is 39.9 Å². The molecule has 17 heavy (non-hydrogen) atoms. The number of hydrogen-bond acceptors (Lipinski definition) is 1. The van der Waals surface area contributed by atoms with Crippen LogP contribution >= 0.6 is 15.9 Å². The average Bonchev–Trinajstić information content (AvgIpc) is 2.28. The molecule has 0 heterocycles. The molecule has 0 aromatic heterocycles. The van der Waals surface area contributed by atoms with E-state index in [9.17, 15) is 4.79 Å². The van der Waals surface area contributed by atoms with Gasteiger partial charge in [-0.3, -0.25) is 4.79 Å². The fraction of sp³-hybridized carbons (Fsp3) is 0.357. The first-order chi connectivity index (χ1) is 8.00. The molecule has 1 aromatic carbocycles. The molecular formula is C14H17BrO2. The number of carbonyl (C=O) groups is 1. The second-order valence-corrected chi connectivity index (χ2v) is 5.14. The van der Waals surface area contributed by atoms with Crippen LogP contribution in [-0.4, -0.2) is 11.1 Å². The second-order valence-electron chi connectivity index (χ2n) is 4.22. The van der Waals surface area contributed by atoms with Crippen LogP contribution in [-0.2, 0) is 4.79 Å². The van der Waals surface area contributed by atoms with E-state index in [-0.39, 0.29) is 5.92 Å². The largest absolute Gasteiger partial charge is 0.481 e. The maximum Gasteiger partial charge on any atom is 0.306 e. The Kier molecular flexibility index (Phi) is 5.42. The number of benzene rings is 1. The summed E-state index contributed by atoms with van der Waals surface area (Å²) >= 11 is 3.44. The van der Waals surface area contributed by atoms with E-state index in [0.717, 1.165) is 10.9 Å². The number of aryl methyl sites for hydroxylation is 1. The van der Waals surface area contributed by atoms with E-state index in [0.29, 0.717) is 6.42 Å². The van der Waals surface area contributed by atoms with Crippen molar-refractivity contribution >= 4 is 28.0 Å². The molecule has 92 valence electrons. The smallest absolute Gasteiger partial charge is 0.306 e. The molecule has 0 bridgehead atoms. The lowest BCUT2D eigenvalue weighted by atomic mass is 10.0. The van der Waals surface area contributed by atoms with Gasteiger partial charge in [0.15, 0.2) is 0 Å². The fourth-order valence-electron chi connectivity index (χ4n) is 1.47. The summed E-state index contributed by atoms with van der Waals surface area (Å²) in [5.74, 6) is -1.000. The van der Waals surface area contributed by atoms with Gasteiger partial charge in [0.2, 0.25) is 0 Å². The van der Waals surface area contributed by atoms with Gasteiger partial charge in [-0.2, -0.15) is 0 Å². The zero-order chi connectivity index (χ0) is 12.8. The minimum absolute atomic E-state index is 0.275. The van der Waals surface area contributed by atoms with Crippen LogP contribution in [0.5, 0.6) is 0 Å². The van der Waals surface area contributed by atoms with Crippen molar-refractivity contribution in [2.24, 2.45) is 5.92 Å². The summed E-state index contributed by atoms with van der Waals surface area (Å²) in [7, 11) is 0. The number of hydrogen-bond donors (Lipinski definition) is 1. The van der Waals surface area contributed by atoms with Crippen molar-refractivity contribution in [3.63, 3.8) is 0 Å². The lowest BCUT2D eigenvalue weighted by Crippen LogP contribution is -2.08. The third kappa shape index (κ3) is 4.73. The number of aliphatic carboxylic acids is 1. The van der Waals surface area contributed by atoms with Gasteiger partial charge in [0.1, 0.15) is 0 Å². The lowest BCUT2D eigenvalue weighted by molar-refractivity contribution is -0.141. The molecule has 0 aliphatic carbocycles. The number of halogens is 1. The second kappa shape index (κ2) is 6.60. The summed E-state index contributed by atoms with van der Waals surface area (Å²) in [5.41, 5.74) is 2.39. The first-order valence-corrected chi connectivity index (χ1v) is 6.45. The monoisotopic (exact) mass is 296 g/mol. The van der Waals surface area contributed by atoms with Gasteiger partial charge in [-0.25, -0.2) is 0 Å². The van der Waals surface area contributed by atoms with Crippen molar-refractivity contribution in [2.75, 3.05) is 0 Å². The Morgan fingerprint density at radius 2 is 2.24 bits per heavy atom. The van der Waals surface area contributed by atoms with Gasteiger partial charge in [-0.1, -0.05) is 41.1 Å². The van der Waals surface area contributed by atoms with Gasteiger partial charge < -0.3 is 5.11 Å². The van der Waals surface area contributed by atoms with Crippen LogP contribution in [0.3, 0.4) is 0 Å². The van der Waals surface area contributed by atoms with Crippen LogP contribution in [0.2, 0.25) is 0 Å². The van der Waals surface area contributed by atoms with Crippen LogP contribution in [0.1, 0.15) is 30.9 Å². The minimum Gasteiger partial charge on any atom is -0.481 e. The third-order valence-electron chi connectivity index (χ3n) is 2.73. The first-order valence-electron chi connectivity index (χ1n) is 5.66. The van der Waals surface area contributed by atoms with E-state index in [2.05, 4.69) is 41.1 Å². The van der Waals surface area contributed by atoms with Gasteiger partial charge in [0.05, 0.1) is 5.92 Å². The molecule has 1 unspecified atom stereocenters. The average molecular weight is 297 g/mol. The summed E-state index contributed by atoms with van der Waals surface area (Å²) in [6.45, 7) is 3.80. The molecule has 0 aliphatic rings. The summed E-state index contributed by atoms with van der Waals surface area (Å²) in [6, 6.07) is 6.13. The molecule has 0 saturated carbocycles. The number of carboxylic acids is 1. The van der Waals surface area contributed by atoms with Gasteiger partial charge in [-0.15, -0.1) is 0 Å². The highest BCUT2D eigenvalue weighted by molar-refractivity contribution is 9.10. The van der Waals surface area contributed by atoms with Crippen LogP contribution in [0.4, 0.5) is 0 Å². The topological polar surface area (TPSA) is 37.3 Å². The number of rotatable bonds is 5. The van der Waals surface area contributed by atoms with E-state index in [1.54, 1.807) is 6.92 Å². The molecule has 0 aliphatic heterocycles. The molecule has 0 radical (unpaired) electrons. The van der Waals surface area contributed by atoms with Crippen molar-refractivity contribution < 1.29 is 9.90 Å². The van der Waals surface area contributed by atoms with Crippen molar-refractivity contribution in [1.29, 1.82) is 0 Å². The highest BCUT2D eigenvalue weighted by Gasteiger charge is 2.08. The highest BCUT2D eigenvalue weighted by atomic mass is 79.9. The molecule has 2 nitrogen and oxygen atoms in total. The Hall–Kier alpha value is -1.09. The molecule has 0 saturated heterocycles. The Morgan fingerprint density at radius 1 is 1.53 bits per heavy atom. The van der Waals surface area contributed by atoms with Gasteiger partial charge in [0.25, 0.3) is 0 Å². The zero-order valence-electron chi connectivity index (χ0n) is 10.1. The van der Waals surface area contributed by atoms with Crippen molar-refractivity contribution in [2.45, 2.75) is 26.7 Å². The Morgan fingerprint density at radius 3 is 2.88 bits per heavy atom. The third-order valence-corrected chi connectivity index (χ3v) is 3.22. The molecule has 0 spiro atoms. The van der Waals surface area contributed by atoms with Gasteiger partial charge >= 0.3 is 5.97 Å². The van der Waals surface area contributed by atoms with E-state index in [1.165, 1.54) is 11.1 Å². The maximum atomic E-state index is 10.6.